The summed E-state index contributed by atoms with van der Waals surface area (Å²) in [5.74, 6) is 0. The lowest BCUT2D eigenvalue weighted by molar-refractivity contribution is -0.137. The second-order valence-electron chi connectivity index (χ2n) is 7.82. The number of alkyl halides is 3. The molecule has 2 fully saturated rings. The van der Waals surface area contributed by atoms with Gasteiger partial charge in [-0.1, -0.05) is 23.5 Å². The fourth-order valence-corrected chi connectivity index (χ4v) is 5.28. The van der Waals surface area contributed by atoms with Gasteiger partial charge in [-0.05, 0) is 56.3 Å². The summed E-state index contributed by atoms with van der Waals surface area (Å²) in [6.45, 7) is 2.19. The van der Waals surface area contributed by atoms with Crippen molar-refractivity contribution in [3.8, 4) is 11.3 Å². The molecule has 148 valence electrons. The molecule has 1 saturated carbocycles. The van der Waals surface area contributed by atoms with Crippen molar-refractivity contribution in [3.63, 3.8) is 0 Å². The molecule has 2 aromatic heterocycles. The van der Waals surface area contributed by atoms with Gasteiger partial charge >= 0.3 is 6.18 Å². The second-order valence-corrected chi connectivity index (χ2v) is 8.78. The van der Waals surface area contributed by atoms with Gasteiger partial charge in [-0.3, -0.25) is 0 Å². The standard InChI is InChI=1S/C19H20F3N5S/c20-19(21,22)13-3-1-2-12(8-13)15-11-24-17-27(15)26-16(28-17)25-14-9-18(10-14)4-6-23-7-5-18/h1-3,8,11,14,23H,4-7,9-10H2,(H,25,26). The van der Waals surface area contributed by atoms with E-state index in [1.165, 1.54) is 30.2 Å². The number of aromatic nitrogens is 3. The lowest BCUT2D eigenvalue weighted by Crippen LogP contribution is -2.50. The van der Waals surface area contributed by atoms with Crippen LogP contribution in [0.3, 0.4) is 0 Å². The molecule has 3 aromatic rings. The lowest BCUT2D eigenvalue weighted by Gasteiger charge is -2.50. The highest BCUT2D eigenvalue weighted by atomic mass is 32.1. The van der Waals surface area contributed by atoms with E-state index in [1.54, 1.807) is 16.8 Å². The van der Waals surface area contributed by atoms with Crippen LogP contribution in [0.15, 0.2) is 30.5 Å². The molecule has 1 saturated heterocycles. The van der Waals surface area contributed by atoms with E-state index in [0.717, 1.165) is 43.2 Å². The summed E-state index contributed by atoms with van der Waals surface area (Å²) in [7, 11) is 0. The normalized spacial score (nSPS) is 19.8. The molecule has 1 spiro atoms. The number of hydrogen-bond acceptors (Lipinski definition) is 5. The average Bonchev–Trinajstić information content (AvgIpc) is 3.21. The molecule has 0 unspecified atom stereocenters. The Kier molecular flexibility index (Phi) is 4.13. The molecule has 5 nitrogen and oxygen atoms in total. The number of anilines is 1. The third kappa shape index (κ3) is 3.16. The molecule has 0 radical (unpaired) electrons. The zero-order valence-electron chi connectivity index (χ0n) is 15.1. The molecule has 28 heavy (non-hydrogen) atoms. The van der Waals surface area contributed by atoms with Crippen LogP contribution >= 0.6 is 11.3 Å². The molecule has 1 aromatic carbocycles. The first-order valence-electron chi connectivity index (χ1n) is 9.41. The summed E-state index contributed by atoms with van der Waals surface area (Å²) in [4.78, 5) is 5.00. The van der Waals surface area contributed by atoms with Crippen LogP contribution in [-0.2, 0) is 6.18 Å². The van der Waals surface area contributed by atoms with Crippen LogP contribution in [0.2, 0.25) is 0 Å². The first-order chi connectivity index (χ1) is 13.4. The fraction of sp³-hybridized carbons (Fsp3) is 0.474. The van der Waals surface area contributed by atoms with Crippen molar-refractivity contribution in [2.75, 3.05) is 18.4 Å². The van der Waals surface area contributed by atoms with Gasteiger partial charge in [0, 0.05) is 11.6 Å². The minimum absolute atomic E-state index is 0.408. The Morgan fingerprint density at radius 2 is 2.00 bits per heavy atom. The molecule has 0 amide bonds. The Labute approximate surface area is 164 Å². The van der Waals surface area contributed by atoms with Crippen LogP contribution in [-0.4, -0.2) is 33.7 Å². The maximum Gasteiger partial charge on any atom is 0.416 e. The number of halogens is 3. The number of nitrogens with zero attached hydrogens (tertiary/aromatic N) is 3. The van der Waals surface area contributed by atoms with Gasteiger partial charge in [-0.15, -0.1) is 5.10 Å². The van der Waals surface area contributed by atoms with E-state index in [4.69, 9.17) is 0 Å². The van der Waals surface area contributed by atoms with Gasteiger partial charge in [0.15, 0.2) is 0 Å². The number of hydrogen-bond donors (Lipinski definition) is 2. The summed E-state index contributed by atoms with van der Waals surface area (Å²) >= 11 is 1.43. The van der Waals surface area contributed by atoms with E-state index in [9.17, 15) is 13.2 Å². The van der Waals surface area contributed by atoms with Crippen LogP contribution in [0, 0.1) is 5.41 Å². The highest BCUT2D eigenvalue weighted by molar-refractivity contribution is 7.20. The predicted molar refractivity (Wildman–Crippen MR) is 102 cm³/mol. The number of piperidine rings is 1. The van der Waals surface area contributed by atoms with Gasteiger partial charge in [-0.25, -0.2) is 9.50 Å². The minimum Gasteiger partial charge on any atom is -0.357 e. The fourth-order valence-electron chi connectivity index (χ4n) is 4.43. The molecular formula is C19H20F3N5S. The van der Waals surface area contributed by atoms with E-state index < -0.39 is 11.7 Å². The third-order valence-electron chi connectivity index (χ3n) is 5.92. The van der Waals surface area contributed by atoms with Crippen LogP contribution < -0.4 is 10.6 Å². The summed E-state index contributed by atoms with van der Waals surface area (Å²) in [6.07, 6.45) is 1.96. The van der Waals surface area contributed by atoms with Gasteiger partial charge < -0.3 is 10.6 Å². The molecule has 5 rings (SSSR count). The molecule has 1 aliphatic heterocycles. The van der Waals surface area contributed by atoms with Crippen molar-refractivity contribution in [3.05, 3.63) is 36.0 Å². The zero-order chi connectivity index (χ0) is 19.4. The Hall–Kier alpha value is -2.13. The number of nitrogens with one attached hydrogen (secondary N) is 2. The molecule has 0 bridgehead atoms. The summed E-state index contributed by atoms with van der Waals surface area (Å²) in [5.41, 5.74) is 0.823. The smallest absolute Gasteiger partial charge is 0.357 e. The van der Waals surface area contributed by atoms with Gasteiger partial charge in [0.2, 0.25) is 10.1 Å². The Bertz CT molecular complexity index is 995. The molecule has 2 N–H and O–H groups in total. The van der Waals surface area contributed by atoms with Crippen molar-refractivity contribution >= 4 is 21.4 Å². The highest BCUT2D eigenvalue weighted by Gasteiger charge is 2.44. The molecular weight excluding hydrogens is 387 g/mol. The monoisotopic (exact) mass is 407 g/mol. The maximum absolute atomic E-state index is 13.0. The lowest BCUT2D eigenvalue weighted by atomic mass is 9.61. The van der Waals surface area contributed by atoms with Gasteiger partial charge in [0.25, 0.3) is 0 Å². The molecule has 2 aliphatic rings. The maximum atomic E-state index is 13.0. The average molecular weight is 407 g/mol. The number of rotatable bonds is 3. The van der Waals surface area contributed by atoms with E-state index in [-0.39, 0.29) is 0 Å². The van der Waals surface area contributed by atoms with Crippen LogP contribution in [0.5, 0.6) is 0 Å². The number of benzene rings is 1. The van der Waals surface area contributed by atoms with Crippen molar-refractivity contribution < 1.29 is 13.2 Å². The molecule has 3 heterocycles. The first kappa shape index (κ1) is 17.9. The molecule has 9 heteroatoms. The Morgan fingerprint density at radius 3 is 2.75 bits per heavy atom. The van der Waals surface area contributed by atoms with E-state index >= 15 is 0 Å². The predicted octanol–water partition coefficient (Wildman–Crippen LogP) is 4.42. The van der Waals surface area contributed by atoms with E-state index in [1.807, 2.05) is 0 Å². The van der Waals surface area contributed by atoms with Crippen LogP contribution in [0.25, 0.3) is 16.2 Å². The van der Waals surface area contributed by atoms with E-state index in [0.29, 0.717) is 27.7 Å². The Balaban J connectivity index is 1.35. The summed E-state index contributed by atoms with van der Waals surface area (Å²) in [5, 5.41) is 12.2. The number of fused-ring (bicyclic) bond motifs is 1. The van der Waals surface area contributed by atoms with Crippen molar-refractivity contribution in [1.82, 2.24) is 19.9 Å². The van der Waals surface area contributed by atoms with Gasteiger partial charge in [-0.2, -0.15) is 13.2 Å². The highest BCUT2D eigenvalue weighted by Crippen LogP contribution is 2.49. The second kappa shape index (κ2) is 6.45. The third-order valence-corrected chi connectivity index (χ3v) is 6.78. The quantitative estimate of drug-likeness (QED) is 0.675. The van der Waals surface area contributed by atoms with E-state index in [2.05, 4.69) is 20.7 Å². The van der Waals surface area contributed by atoms with Crippen LogP contribution in [0.4, 0.5) is 18.3 Å². The van der Waals surface area contributed by atoms with Crippen molar-refractivity contribution in [1.29, 1.82) is 0 Å². The topological polar surface area (TPSA) is 54.2 Å². The van der Waals surface area contributed by atoms with Crippen molar-refractivity contribution in [2.24, 2.45) is 5.41 Å². The number of imidazole rings is 1. The zero-order valence-corrected chi connectivity index (χ0v) is 15.9. The summed E-state index contributed by atoms with van der Waals surface area (Å²) < 4.78 is 40.7. The molecule has 0 atom stereocenters. The van der Waals surface area contributed by atoms with Crippen LogP contribution in [0.1, 0.15) is 31.2 Å². The largest absolute Gasteiger partial charge is 0.416 e. The SMILES string of the molecule is FC(F)(F)c1cccc(-c2cnc3sc(NC4CC5(CCNCC5)C4)nn23)c1. The van der Waals surface area contributed by atoms with Gasteiger partial charge in [0.05, 0.1) is 17.5 Å². The first-order valence-corrected chi connectivity index (χ1v) is 10.2. The summed E-state index contributed by atoms with van der Waals surface area (Å²) in [6, 6.07) is 5.69. The molecule has 1 aliphatic carbocycles. The van der Waals surface area contributed by atoms with Gasteiger partial charge in [0.1, 0.15) is 0 Å². The minimum atomic E-state index is -4.37. The Morgan fingerprint density at radius 1 is 1.21 bits per heavy atom. The van der Waals surface area contributed by atoms with Crippen molar-refractivity contribution in [2.45, 2.75) is 37.9 Å².